The van der Waals surface area contributed by atoms with Crippen molar-refractivity contribution in [2.24, 2.45) is 0 Å². The molecule has 0 radical (unpaired) electrons. The van der Waals surface area contributed by atoms with Crippen molar-refractivity contribution in [2.75, 3.05) is 0 Å². The normalized spacial score (nSPS) is 12.9. The molecule has 0 amide bonds. The molecule has 0 aliphatic heterocycles. The maximum atomic E-state index is 4.85. The Morgan fingerprint density at radius 1 is 0.368 bits per heavy atom. The number of rotatable bonds is 7. The van der Waals surface area contributed by atoms with Crippen LogP contribution in [0.2, 0.25) is 0 Å². The van der Waals surface area contributed by atoms with Crippen LogP contribution in [0.3, 0.4) is 0 Å². The van der Waals surface area contributed by atoms with E-state index in [2.05, 4.69) is 243 Å². The first-order valence-corrected chi connectivity index (χ1v) is 23.4. The van der Waals surface area contributed by atoms with Gasteiger partial charge in [0.15, 0.2) is 11.6 Å². The lowest BCUT2D eigenvalue weighted by Crippen LogP contribution is -2.04. The lowest BCUT2D eigenvalue weighted by Gasteiger charge is -2.18. The predicted molar refractivity (Wildman–Crippen MR) is 282 cm³/mol. The van der Waals surface area contributed by atoms with E-state index in [1.807, 2.05) is 6.07 Å². The van der Waals surface area contributed by atoms with Crippen molar-refractivity contribution in [1.29, 1.82) is 0 Å². The molecule has 0 unspecified atom stereocenters. The number of allylic oxidation sites excluding steroid dienone is 4. The monoisotopic (exact) mass is 870 g/mol. The quantitative estimate of drug-likeness (QED) is 0.160. The number of aromatic nitrogens is 6. The molecule has 6 heteroatoms. The summed E-state index contributed by atoms with van der Waals surface area (Å²) in [5, 5.41) is 17.0. The first-order chi connectivity index (χ1) is 33.8. The van der Waals surface area contributed by atoms with Gasteiger partial charge in [0.1, 0.15) is 0 Å². The molecule has 0 saturated carbocycles. The van der Waals surface area contributed by atoms with Gasteiger partial charge < -0.3 is 13.7 Å². The van der Waals surface area contributed by atoms with Gasteiger partial charge in [-0.1, -0.05) is 164 Å². The molecule has 9 aromatic carbocycles. The van der Waals surface area contributed by atoms with Crippen molar-refractivity contribution in [1.82, 2.24) is 28.5 Å². The van der Waals surface area contributed by atoms with Crippen LogP contribution in [-0.2, 0) is 0 Å². The van der Waals surface area contributed by atoms with Gasteiger partial charge in [0.05, 0.1) is 50.2 Å². The van der Waals surface area contributed by atoms with Crippen molar-refractivity contribution >= 4 is 71.0 Å². The van der Waals surface area contributed by atoms with E-state index < -0.39 is 0 Å². The van der Waals surface area contributed by atoms with Crippen LogP contribution in [0.25, 0.3) is 116 Å². The lowest BCUT2D eigenvalue weighted by atomic mass is 10.0. The number of para-hydroxylation sites is 6. The summed E-state index contributed by atoms with van der Waals surface area (Å²) in [5.41, 5.74) is 15.9. The fourth-order valence-corrected chi connectivity index (χ4v) is 11.1. The van der Waals surface area contributed by atoms with Crippen LogP contribution in [-0.4, -0.2) is 28.5 Å². The van der Waals surface area contributed by atoms with Gasteiger partial charge >= 0.3 is 0 Å². The first kappa shape index (κ1) is 38.3. The maximum Gasteiger partial charge on any atom is 0.168 e. The SMILES string of the molecule is C1=CCCC(c2nnc(-c3ccccc3)n2-c2ccc3c(c2)c2ccccc2n3-c2ccccc2-c2ccccc2-n2c3ccccc3c3c2ccc2c4ccccc4n(-c4ccccc4)c23)=C1. The molecule has 1 aliphatic carbocycles. The van der Waals surface area contributed by atoms with E-state index in [0.29, 0.717) is 0 Å². The standard InChI is InChI=1S/C62H42N6/c1-4-20-41(21-5-1)61-63-64-62(42-22-6-2-7-23-42)66(61)44-36-38-57-51(40-44)48-29-13-18-34-55(48)67(57)53-32-16-10-26-45(53)46-27-11-17-33-54(46)68-56-35-19-14-30-50(56)59-58(68)39-37-49-47-28-12-15-31-52(47)65(60(49)59)43-24-8-3-9-25-43/h1-6,8-22,24-40H,7,23H2. The highest BCUT2D eigenvalue weighted by Gasteiger charge is 2.25. The molecule has 0 fully saturated rings. The van der Waals surface area contributed by atoms with Crippen LogP contribution >= 0.6 is 0 Å². The van der Waals surface area contributed by atoms with E-state index in [1.54, 1.807) is 0 Å². The maximum absolute atomic E-state index is 4.85. The third-order valence-electron chi connectivity index (χ3n) is 14.0. The second-order valence-corrected chi connectivity index (χ2v) is 17.7. The summed E-state index contributed by atoms with van der Waals surface area (Å²) in [6, 6.07) is 77.0. The molecule has 0 atom stereocenters. The lowest BCUT2D eigenvalue weighted by molar-refractivity contribution is 0.965. The Kier molecular flexibility index (Phi) is 8.61. The topological polar surface area (TPSA) is 45.5 Å². The van der Waals surface area contributed by atoms with Crippen molar-refractivity contribution in [2.45, 2.75) is 12.8 Å². The Labute approximate surface area is 392 Å². The van der Waals surface area contributed by atoms with Gasteiger partial charge in [-0.15, -0.1) is 10.2 Å². The molecule has 0 spiro atoms. The van der Waals surface area contributed by atoms with E-state index in [4.69, 9.17) is 10.2 Å². The van der Waals surface area contributed by atoms with E-state index in [0.717, 1.165) is 91.4 Å². The number of nitrogens with zero attached hydrogens (tertiary/aromatic N) is 6. The molecule has 14 rings (SSSR count). The van der Waals surface area contributed by atoms with Crippen molar-refractivity contribution in [3.8, 4) is 45.3 Å². The summed E-state index contributed by atoms with van der Waals surface area (Å²) >= 11 is 0. The third kappa shape index (κ3) is 5.71. The fourth-order valence-electron chi connectivity index (χ4n) is 11.1. The molecule has 4 heterocycles. The van der Waals surface area contributed by atoms with Crippen molar-refractivity contribution < 1.29 is 0 Å². The summed E-state index contributed by atoms with van der Waals surface area (Å²) in [6.07, 6.45) is 8.43. The molecule has 4 aromatic heterocycles. The molecule has 0 N–H and O–H groups in total. The van der Waals surface area contributed by atoms with E-state index in [9.17, 15) is 0 Å². The fraction of sp³-hybridized carbons (Fsp3) is 0.0323. The van der Waals surface area contributed by atoms with Gasteiger partial charge in [-0.25, -0.2) is 0 Å². The highest BCUT2D eigenvalue weighted by Crippen LogP contribution is 2.45. The zero-order valence-electron chi connectivity index (χ0n) is 37.0. The molecular weight excluding hydrogens is 829 g/mol. The van der Waals surface area contributed by atoms with Crippen LogP contribution in [0, 0.1) is 0 Å². The first-order valence-electron chi connectivity index (χ1n) is 23.4. The van der Waals surface area contributed by atoms with E-state index in [-0.39, 0.29) is 0 Å². The molecule has 0 saturated heterocycles. The van der Waals surface area contributed by atoms with Crippen LogP contribution < -0.4 is 0 Å². The Morgan fingerprint density at radius 2 is 0.912 bits per heavy atom. The van der Waals surface area contributed by atoms with Gasteiger partial charge in [0, 0.05) is 54.7 Å². The summed E-state index contributed by atoms with van der Waals surface area (Å²) in [4.78, 5) is 0. The van der Waals surface area contributed by atoms with Crippen LogP contribution in [0.15, 0.2) is 231 Å². The Hall–Kier alpha value is -9.00. The van der Waals surface area contributed by atoms with Crippen LogP contribution in [0.4, 0.5) is 0 Å². The van der Waals surface area contributed by atoms with Gasteiger partial charge in [-0.2, -0.15) is 0 Å². The van der Waals surface area contributed by atoms with Crippen molar-refractivity contribution in [3.63, 3.8) is 0 Å². The number of fused-ring (bicyclic) bond motifs is 10. The van der Waals surface area contributed by atoms with Gasteiger partial charge in [-0.05, 0) is 85.1 Å². The minimum atomic E-state index is 0.827. The third-order valence-corrected chi connectivity index (χ3v) is 14.0. The molecule has 0 bridgehead atoms. The average Bonchev–Trinajstić information content (AvgIpc) is 4.18. The van der Waals surface area contributed by atoms with Crippen LogP contribution in [0.1, 0.15) is 18.7 Å². The zero-order valence-corrected chi connectivity index (χ0v) is 37.0. The largest absolute Gasteiger partial charge is 0.309 e. The molecule has 320 valence electrons. The second kappa shape index (κ2) is 15.3. The second-order valence-electron chi connectivity index (χ2n) is 17.7. The molecule has 68 heavy (non-hydrogen) atoms. The number of hydrogen-bond donors (Lipinski definition) is 0. The predicted octanol–water partition coefficient (Wildman–Crippen LogP) is 15.6. The minimum absolute atomic E-state index is 0.827. The van der Waals surface area contributed by atoms with Crippen molar-refractivity contribution in [3.05, 3.63) is 236 Å². The summed E-state index contributed by atoms with van der Waals surface area (Å²) in [6.45, 7) is 0. The number of hydrogen-bond acceptors (Lipinski definition) is 2. The summed E-state index contributed by atoms with van der Waals surface area (Å²) in [7, 11) is 0. The van der Waals surface area contributed by atoms with E-state index >= 15 is 0 Å². The molecule has 13 aromatic rings. The van der Waals surface area contributed by atoms with Gasteiger partial charge in [-0.3, -0.25) is 4.57 Å². The average molecular weight is 871 g/mol. The van der Waals surface area contributed by atoms with Crippen LogP contribution in [0.5, 0.6) is 0 Å². The van der Waals surface area contributed by atoms with Gasteiger partial charge in [0.25, 0.3) is 0 Å². The Morgan fingerprint density at radius 3 is 1.62 bits per heavy atom. The Bertz CT molecular complexity index is 4200. The summed E-state index contributed by atoms with van der Waals surface area (Å²) in [5.74, 6) is 1.71. The highest BCUT2D eigenvalue weighted by atomic mass is 15.3. The molecule has 6 nitrogen and oxygen atoms in total. The summed E-state index contributed by atoms with van der Waals surface area (Å²) < 4.78 is 9.64. The zero-order chi connectivity index (χ0) is 44.7. The molecule has 1 aliphatic rings. The highest BCUT2D eigenvalue weighted by molar-refractivity contribution is 6.26. The molecular formula is C62H42N6. The van der Waals surface area contributed by atoms with Gasteiger partial charge in [0.2, 0.25) is 0 Å². The number of benzene rings is 9. The van der Waals surface area contributed by atoms with E-state index in [1.165, 1.54) is 43.5 Å². The smallest absolute Gasteiger partial charge is 0.168 e. The Balaban J connectivity index is 0.994. The minimum Gasteiger partial charge on any atom is -0.309 e.